The predicted octanol–water partition coefficient (Wildman–Crippen LogP) is 3.17. The van der Waals surface area contributed by atoms with Crippen molar-refractivity contribution < 1.29 is 5.11 Å². The molecule has 3 heterocycles. The molecule has 1 aliphatic rings. The van der Waals surface area contributed by atoms with Crippen LogP contribution in [0.2, 0.25) is 0 Å². The van der Waals surface area contributed by atoms with Crippen molar-refractivity contribution in [2.75, 3.05) is 6.54 Å². The molecule has 1 aliphatic heterocycles. The Hall–Kier alpha value is -2.29. The van der Waals surface area contributed by atoms with Crippen molar-refractivity contribution in [3.8, 4) is 17.1 Å². The molecule has 0 bridgehead atoms. The molecule has 0 atom stereocenters. The van der Waals surface area contributed by atoms with Crippen LogP contribution in [0.4, 0.5) is 0 Å². The van der Waals surface area contributed by atoms with Gasteiger partial charge in [-0.25, -0.2) is 0 Å². The van der Waals surface area contributed by atoms with E-state index in [2.05, 4.69) is 22.2 Å². The van der Waals surface area contributed by atoms with Gasteiger partial charge in [0.2, 0.25) is 0 Å². The Kier molecular flexibility index (Phi) is 4.71. The number of aliphatic imine (C=N–C) groups is 1. The van der Waals surface area contributed by atoms with Gasteiger partial charge in [0.15, 0.2) is 0 Å². The number of aromatic hydroxyl groups is 1. The van der Waals surface area contributed by atoms with Gasteiger partial charge in [0.1, 0.15) is 0 Å². The monoisotopic (exact) mass is 534 g/mol. The summed E-state index contributed by atoms with van der Waals surface area (Å²) in [6.45, 7) is 2.75. The van der Waals surface area contributed by atoms with Crippen molar-refractivity contribution in [3.63, 3.8) is 0 Å². The van der Waals surface area contributed by atoms with E-state index < -0.39 is 0 Å². The molecule has 1 aromatic carbocycles. The van der Waals surface area contributed by atoms with Gasteiger partial charge in [0.05, 0.1) is 0 Å². The first kappa shape index (κ1) is 17.1. The Morgan fingerprint density at radius 1 is 1.12 bits per heavy atom. The fourth-order valence-corrected chi connectivity index (χ4v) is 4.12. The quantitative estimate of drug-likeness (QED) is 0.526. The summed E-state index contributed by atoms with van der Waals surface area (Å²) in [7, 11) is 0. The van der Waals surface area contributed by atoms with E-state index in [-0.39, 0.29) is 5.75 Å². The van der Waals surface area contributed by atoms with Crippen molar-refractivity contribution in [1.82, 2.24) is 12.6 Å². The molecule has 0 fully saturated rings. The molecule has 26 heavy (non-hydrogen) atoms. The van der Waals surface area contributed by atoms with E-state index in [9.17, 15) is 5.11 Å². The normalized spacial score (nSPS) is 14.0. The molecule has 0 aliphatic carbocycles. The molecule has 0 radical (unpaired) electrons. The Bertz CT molecular complexity index is 1020. The zero-order valence-corrected chi connectivity index (χ0v) is 18.9. The summed E-state index contributed by atoms with van der Waals surface area (Å²) in [6, 6.07) is 13.2. The molecule has 0 saturated carbocycles. The van der Waals surface area contributed by atoms with Crippen molar-refractivity contribution in [3.05, 3.63) is 71.6 Å². The summed E-state index contributed by atoms with van der Waals surface area (Å²) < 4.78 is 2.00. The number of nitrogens with zero attached hydrogens (tertiary/aromatic N) is 4. The Morgan fingerprint density at radius 2 is 1.92 bits per heavy atom. The molecule has 0 spiro atoms. The number of rotatable bonds is 3. The molecule has 0 amide bonds. The zero-order valence-electron chi connectivity index (χ0n) is 14.4. The molecule has 1 N–H and O–H groups in total. The van der Waals surface area contributed by atoms with E-state index in [1.165, 1.54) is 5.57 Å². The second-order valence-electron chi connectivity index (χ2n) is 6.27. The summed E-state index contributed by atoms with van der Waals surface area (Å²) in [5, 5.41) is 14.2. The summed E-state index contributed by atoms with van der Waals surface area (Å²) in [6.07, 6.45) is 5.14. The van der Waals surface area contributed by atoms with Crippen LogP contribution in [-0.2, 0) is 0 Å². The van der Waals surface area contributed by atoms with Crippen LogP contribution in [0.3, 0.4) is 0 Å². The van der Waals surface area contributed by atoms with Gasteiger partial charge in [-0.05, 0) is 0 Å². The SMILES string of the molecule is Cc1cccc(-c2n[n]([Tl])cc2C2=CC(c3ccc(O)cc3)=NCC2)n1. The van der Waals surface area contributed by atoms with Gasteiger partial charge in [-0.3, -0.25) is 0 Å². The number of pyridine rings is 1. The van der Waals surface area contributed by atoms with E-state index >= 15 is 0 Å². The number of phenolic OH excluding ortho intramolecular Hbond substituents is 1. The maximum atomic E-state index is 9.50. The summed E-state index contributed by atoms with van der Waals surface area (Å²) >= 11 is 0.603. The van der Waals surface area contributed by atoms with E-state index in [4.69, 9.17) is 5.10 Å². The van der Waals surface area contributed by atoms with Crippen molar-refractivity contribution in [2.24, 2.45) is 4.99 Å². The first-order chi connectivity index (χ1) is 12.6. The molecule has 6 heteroatoms. The molecular weight excluding hydrogens is 517 g/mol. The average molecular weight is 534 g/mol. The van der Waals surface area contributed by atoms with Gasteiger partial charge in [-0.1, -0.05) is 0 Å². The van der Waals surface area contributed by atoms with Gasteiger partial charge in [0, 0.05) is 0 Å². The predicted molar refractivity (Wildman–Crippen MR) is 103 cm³/mol. The third kappa shape index (κ3) is 3.48. The van der Waals surface area contributed by atoms with Crippen molar-refractivity contribution in [1.29, 1.82) is 0 Å². The zero-order chi connectivity index (χ0) is 18.1. The number of phenols is 1. The first-order valence-electron chi connectivity index (χ1n) is 8.44. The van der Waals surface area contributed by atoms with Crippen LogP contribution < -0.4 is 0 Å². The topological polar surface area (TPSA) is 63.3 Å². The van der Waals surface area contributed by atoms with Crippen LogP contribution in [-0.4, -0.2) is 56.0 Å². The van der Waals surface area contributed by atoms with E-state index in [1.54, 1.807) is 12.1 Å². The third-order valence-electron chi connectivity index (χ3n) is 4.35. The van der Waals surface area contributed by atoms with Crippen molar-refractivity contribution >= 4 is 37.4 Å². The Balaban J connectivity index is 1.76. The minimum atomic E-state index is 0.264. The third-order valence-corrected chi connectivity index (χ3v) is 5.37. The molecule has 4 rings (SSSR count). The van der Waals surface area contributed by atoms with E-state index in [0.29, 0.717) is 26.1 Å². The summed E-state index contributed by atoms with van der Waals surface area (Å²) in [4.78, 5) is 9.31. The van der Waals surface area contributed by atoms with Crippen LogP contribution in [0.25, 0.3) is 17.0 Å². The van der Waals surface area contributed by atoms with Crippen molar-refractivity contribution in [2.45, 2.75) is 13.3 Å². The first-order valence-corrected chi connectivity index (χ1v) is 10.4. The standard InChI is InChI=1S/C20H17N4O.Tl/c1-13-3-2-4-18(23-13)20-17(12-22-24-20)15-9-10-21-19(11-15)14-5-7-16(25)8-6-14;/h2-8,11-12H,9-10H2,1H3,(H-,21,22,23,24,25);/q-1;+1. The number of dihydropyridines is 1. The number of aromatic nitrogens is 3. The van der Waals surface area contributed by atoms with Crippen LogP contribution in [0, 0.1) is 6.92 Å². The van der Waals surface area contributed by atoms with Crippen LogP contribution in [0.15, 0.2) is 59.7 Å². The van der Waals surface area contributed by atoms with Gasteiger partial charge in [-0.2, -0.15) is 0 Å². The van der Waals surface area contributed by atoms with Gasteiger partial charge >= 0.3 is 169 Å². The maximum absolute atomic E-state index is 9.50. The van der Waals surface area contributed by atoms with Crippen LogP contribution >= 0.6 is 0 Å². The second-order valence-corrected chi connectivity index (χ2v) is 8.33. The number of aryl methyl sites for hydroxylation is 1. The molecule has 5 nitrogen and oxygen atoms in total. The number of hydrogen-bond acceptors (Lipinski definition) is 4. The Labute approximate surface area is 168 Å². The van der Waals surface area contributed by atoms with Crippen LogP contribution in [0.5, 0.6) is 5.75 Å². The minimum absolute atomic E-state index is 0.264. The fourth-order valence-electron chi connectivity index (χ4n) is 3.09. The Morgan fingerprint density at radius 3 is 2.69 bits per heavy atom. The van der Waals surface area contributed by atoms with Gasteiger partial charge in [0.25, 0.3) is 0 Å². The number of benzene rings is 1. The van der Waals surface area contributed by atoms with E-state index in [0.717, 1.165) is 46.9 Å². The molecule has 126 valence electrons. The molecule has 2 aromatic heterocycles. The van der Waals surface area contributed by atoms with Gasteiger partial charge in [-0.15, -0.1) is 0 Å². The molecule has 3 aromatic rings. The second kappa shape index (κ2) is 7.14. The van der Waals surface area contributed by atoms with Crippen LogP contribution in [0.1, 0.15) is 23.2 Å². The fraction of sp³-hybridized carbons (Fsp3) is 0.150. The molecule has 0 saturated heterocycles. The summed E-state index contributed by atoms with van der Waals surface area (Å²) in [5.41, 5.74) is 7.16. The molecule has 0 unspecified atom stereocenters. The summed E-state index contributed by atoms with van der Waals surface area (Å²) in [5.74, 6) is 0.264. The number of allylic oxidation sites excluding steroid dienone is 1. The average Bonchev–Trinajstić information content (AvgIpc) is 3.04. The molecular formula is C20H17N4OTl. The van der Waals surface area contributed by atoms with Gasteiger partial charge < -0.3 is 0 Å². The van der Waals surface area contributed by atoms with E-state index in [1.807, 2.05) is 39.7 Å². The number of hydrogen-bond donors (Lipinski definition) is 1.